The Bertz CT molecular complexity index is 1220. The van der Waals surface area contributed by atoms with Crippen LogP contribution in [0, 0.1) is 25.2 Å². The molecule has 0 spiro atoms. The summed E-state index contributed by atoms with van der Waals surface area (Å²) in [5.41, 5.74) is 4.25. The Hall–Kier alpha value is -3.89. The summed E-state index contributed by atoms with van der Waals surface area (Å²) < 4.78 is 6.83. The number of halogens is 1. The summed E-state index contributed by atoms with van der Waals surface area (Å²) in [5.74, 6) is -1.15. The van der Waals surface area contributed by atoms with Crippen molar-refractivity contribution in [2.45, 2.75) is 20.4 Å². The Morgan fingerprint density at radius 2 is 2.00 bits per heavy atom. The SMILES string of the molecule is Cc1nn(Cc2ccccc2Cl)c(C)c1/C=C/C(=O)OCC(=O)Nc1cccc(C#N)c1. The second-order valence-corrected chi connectivity index (χ2v) is 7.42. The maximum Gasteiger partial charge on any atom is 0.331 e. The molecular formula is C24H21ClN4O3. The van der Waals surface area contributed by atoms with Crippen LogP contribution in [-0.2, 0) is 20.9 Å². The molecule has 3 rings (SSSR count). The first-order valence-corrected chi connectivity index (χ1v) is 10.2. The zero-order valence-electron chi connectivity index (χ0n) is 17.6. The van der Waals surface area contributed by atoms with Gasteiger partial charge in [-0.3, -0.25) is 9.48 Å². The van der Waals surface area contributed by atoms with Crippen molar-refractivity contribution in [1.29, 1.82) is 5.26 Å². The highest BCUT2D eigenvalue weighted by Crippen LogP contribution is 2.20. The Labute approximate surface area is 190 Å². The fourth-order valence-electron chi connectivity index (χ4n) is 3.09. The number of carbonyl (C=O) groups is 2. The number of amides is 1. The van der Waals surface area contributed by atoms with Crippen molar-refractivity contribution < 1.29 is 14.3 Å². The molecule has 1 aromatic heterocycles. The van der Waals surface area contributed by atoms with Gasteiger partial charge in [0.1, 0.15) is 0 Å². The van der Waals surface area contributed by atoms with Gasteiger partial charge in [-0.05, 0) is 49.8 Å². The highest BCUT2D eigenvalue weighted by atomic mass is 35.5. The lowest BCUT2D eigenvalue weighted by molar-refractivity contribution is -0.142. The van der Waals surface area contributed by atoms with Gasteiger partial charge < -0.3 is 10.1 Å². The maximum absolute atomic E-state index is 12.1. The first-order valence-electron chi connectivity index (χ1n) is 9.79. The van der Waals surface area contributed by atoms with Crippen LogP contribution in [0.25, 0.3) is 6.08 Å². The first-order chi connectivity index (χ1) is 15.4. The monoisotopic (exact) mass is 448 g/mol. The standard InChI is InChI=1S/C24H21ClN4O3/c1-16-21(17(2)29(28-16)14-19-7-3-4-9-22(19)25)10-11-24(31)32-15-23(30)27-20-8-5-6-18(12-20)13-26/h3-12H,14-15H2,1-2H3,(H,27,30)/b11-10+. The Balaban J connectivity index is 1.58. The average molecular weight is 449 g/mol. The minimum Gasteiger partial charge on any atom is -0.452 e. The molecule has 32 heavy (non-hydrogen) atoms. The molecule has 0 atom stereocenters. The third-order valence-electron chi connectivity index (χ3n) is 4.72. The van der Waals surface area contributed by atoms with Gasteiger partial charge in [-0.25, -0.2) is 4.79 Å². The van der Waals surface area contributed by atoms with Gasteiger partial charge in [0, 0.05) is 28.0 Å². The van der Waals surface area contributed by atoms with Crippen LogP contribution in [0.2, 0.25) is 5.02 Å². The molecule has 7 nitrogen and oxygen atoms in total. The number of ether oxygens (including phenoxy) is 1. The molecule has 2 aromatic carbocycles. The third kappa shape index (κ3) is 5.84. The van der Waals surface area contributed by atoms with Gasteiger partial charge >= 0.3 is 5.97 Å². The van der Waals surface area contributed by atoms with Crippen LogP contribution < -0.4 is 5.32 Å². The number of carbonyl (C=O) groups excluding carboxylic acids is 2. The van der Waals surface area contributed by atoms with Crippen LogP contribution in [-0.4, -0.2) is 28.3 Å². The largest absolute Gasteiger partial charge is 0.452 e. The van der Waals surface area contributed by atoms with E-state index < -0.39 is 18.5 Å². The lowest BCUT2D eigenvalue weighted by atomic mass is 10.1. The van der Waals surface area contributed by atoms with Gasteiger partial charge in [0.15, 0.2) is 6.61 Å². The van der Waals surface area contributed by atoms with E-state index in [0.717, 1.165) is 22.5 Å². The van der Waals surface area contributed by atoms with Crippen LogP contribution in [0.3, 0.4) is 0 Å². The topological polar surface area (TPSA) is 97.0 Å². The van der Waals surface area contributed by atoms with Gasteiger partial charge in [0.2, 0.25) is 0 Å². The van der Waals surface area contributed by atoms with E-state index >= 15 is 0 Å². The molecule has 1 N–H and O–H groups in total. The Morgan fingerprint density at radius 1 is 1.22 bits per heavy atom. The summed E-state index contributed by atoms with van der Waals surface area (Å²) in [5, 5.41) is 16.7. The molecule has 8 heteroatoms. The van der Waals surface area contributed by atoms with Crippen LogP contribution in [0.4, 0.5) is 5.69 Å². The fraction of sp³-hybridized carbons (Fsp3) is 0.167. The molecule has 0 saturated carbocycles. The second-order valence-electron chi connectivity index (χ2n) is 7.02. The summed E-state index contributed by atoms with van der Waals surface area (Å²) in [7, 11) is 0. The number of rotatable bonds is 7. The van der Waals surface area contributed by atoms with E-state index in [1.54, 1.807) is 24.3 Å². The quantitative estimate of drug-likeness (QED) is 0.430. The highest BCUT2D eigenvalue weighted by Gasteiger charge is 2.12. The van der Waals surface area contributed by atoms with Crippen molar-refractivity contribution in [2.75, 3.05) is 11.9 Å². The molecule has 1 heterocycles. The van der Waals surface area contributed by atoms with Gasteiger partial charge in [-0.2, -0.15) is 10.4 Å². The Kier molecular flexibility index (Phi) is 7.42. The number of hydrogen-bond acceptors (Lipinski definition) is 5. The number of nitrogens with zero attached hydrogens (tertiary/aromatic N) is 3. The normalized spacial score (nSPS) is 10.7. The van der Waals surface area contributed by atoms with Gasteiger partial charge in [-0.1, -0.05) is 35.9 Å². The van der Waals surface area contributed by atoms with Crippen LogP contribution in [0.5, 0.6) is 0 Å². The molecule has 3 aromatic rings. The smallest absolute Gasteiger partial charge is 0.331 e. The first kappa shape index (κ1) is 22.8. The van der Waals surface area contributed by atoms with E-state index in [1.807, 2.05) is 48.9 Å². The molecule has 0 saturated heterocycles. The molecule has 0 bridgehead atoms. The van der Waals surface area contributed by atoms with Crippen LogP contribution >= 0.6 is 11.6 Å². The summed E-state index contributed by atoms with van der Waals surface area (Å²) in [6.45, 7) is 3.83. The van der Waals surface area contributed by atoms with E-state index in [1.165, 1.54) is 12.1 Å². The van der Waals surface area contributed by atoms with Gasteiger partial charge in [-0.15, -0.1) is 0 Å². The van der Waals surface area contributed by atoms with Crippen molar-refractivity contribution in [1.82, 2.24) is 9.78 Å². The number of hydrogen-bond donors (Lipinski definition) is 1. The van der Waals surface area contributed by atoms with Gasteiger partial charge in [0.25, 0.3) is 5.91 Å². The predicted molar refractivity (Wildman–Crippen MR) is 122 cm³/mol. The second kappa shape index (κ2) is 10.4. The molecule has 0 fully saturated rings. The zero-order valence-corrected chi connectivity index (χ0v) is 18.4. The Morgan fingerprint density at radius 3 is 2.75 bits per heavy atom. The van der Waals surface area contributed by atoms with E-state index in [0.29, 0.717) is 22.8 Å². The summed E-state index contributed by atoms with van der Waals surface area (Å²) >= 11 is 6.24. The van der Waals surface area contributed by atoms with E-state index in [2.05, 4.69) is 10.4 Å². The molecule has 162 valence electrons. The molecule has 1 amide bonds. The lowest BCUT2D eigenvalue weighted by Crippen LogP contribution is -2.20. The van der Waals surface area contributed by atoms with Gasteiger partial charge in [0.05, 0.1) is 23.9 Å². The van der Waals surface area contributed by atoms with Crippen molar-refractivity contribution in [2.24, 2.45) is 0 Å². The molecule has 0 aliphatic rings. The lowest BCUT2D eigenvalue weighted by Gasteiger charge is -2.07. The minimum absolute atomic E-state index is 0.420. The molecule has 0 unspecified atom stereocenters. The van der Waals surface area contributed by atoms with Crippen LogP contribution in [0.15, 0.2) is 54.6 Å². The van der Waals surface area contributed by atoms with E-state index in [-0.39, 0.29) is 0 Å². The van der Waals surface area contributed by atoms with Crippen molar-refractivity contribution >= 4 is 35.2 Å². The number of anilines is 1. The minimum atomic E-state index is -0.649. The summed E-state index contributed by atoms with van der Waals surface area (Å²) in [6, 6.07) is 16.0. The molecular weight excluding hydrogens is 428 g/mol. The number of nitriles is 1. The summed E-state index contributed by atoms with van der Waals surface area (Å²) in [4.78, 5) is 24.0. The maximum atomic E-state index is 12.1. The van der Waals surface area contributed by atoms with Crippen molar-refractivity contribution in [3.05, 3.63) is 87.7 Å². The summed E-state index contributed by atoms with van der Waals surface area (Å²) in [6.07, 6.45) is 2.89. The van der Waals surface area contributed by atoms with Crippen LogP contribution in [0.1, 0.15) is 28.1 Å². The number of aromatic nitrogens is 2. The van der Waals surface area contributed by atoms with E-state index in [4.69, 9.17) is 21.6 Å². The zero-order chi connectivity index (χ0) is 23.1. The number of aryl methyl sites for hydroxylation is 1. The predicted octanol–water partition coefficient (Wildman–Crippen LogP) is 4.27. The van der Waals surface area contributed by atoms with Crippen molar-refractivity contribution in [3.63, 3.8) is 0 Å². The third-order valence-corrected chi connectivity index (χ3v) is 5.09. The average Bonchev–Trinajstić information content (AvgIpc) is 3.04. The number of nitrogens with one attached hydrogen (secondary N) is 1. The number of benzene rings is 2. The van der Waals surface area contributed by atoms with E-state index in [9.17, 15) is 9.59 Å². The fourth-order valence-corrected chi connectivity index (χ4v) is 3.29. The molecule has 0 aliphatic carbocycles. The molecule has 0 radical (unpaired) electrons. The molecule has 0 aliphatic heterocycles. The highest BCUT2D eigenvalue weighted by molar-refractivity contribution is 6.31. The van der Waals surface area contributed by atoms with Crippen molar-refractivity contribution in [3.8, 4) is 6.07 Å². The number of esters is 1.